The highest BCUT2D eigenvalue weighted by Crippen LogP contribution is 2.30. The van der Waals surface area contributed by atoms with E-state index >= 15 is 0 Å². The molecule has 1 aromatic carbocycles. The normalized spacial score (nSPS) is 14.4. The van der Waals surface area contributed by atoms with E-state index in [4.69, 9.17) is 0 Å². The number of hydrazine groups is 1. The van der Waals surface area contributed by atoms with Crippen LogP contribution in [0.3, 0.4) is 0 Å². The molecule has 6 heteroatoms. The van der Waals surface area contributed by atoms with Gasteiger partial charge in [-0.1, -0.05) is 17.4 Å². The largest absolute Gasteiger partial charge is 0.279 e. The van der Waals surface area contributed by atoms with Crippen molar-refractivity contribution in [2.75, 3.05) is 5.01 Å². The van der Waals surface area contributed by atoms with E-state index in [0.717, 1.165) is 10.6 Å². The number of hydrogen-bond acceptors (Lipinski definition) is 6. The van der Waals surface area contributed by atoms with Crippen molar-refractivity contribution in [3.05, 3.63) is 23.3 Å². The molecular formula is C11H11N5S. The maximum absolute atomic E-state index is 4.61. The van der Waals surface area contributed by atoms with Crippen LogP contribution in [0.4, 0.5) is 5.13 Å². The molecule has 0 saturated carbocycles. The van der Waals surface area contributed by atoms with Crippen molar-refractivity contribution in [1.82, 2.24) is 10.4 Å². The predicted octanol–water partition coefficient (Wildman–Crippen LogP) is 2.21. The lowest BCUT2D eigenvalue weighted by Crippen LogP contribution is -2.37. The third kappa shape index (κ3) is 1.76. The fraction of sp³-hybridized carbons (Fsp3) is 0.182. The Balaban J connectivity index is 2.10. The molecule has 0 atom stereocenters. The summed E-state index contributed by atoms with van der Waals surface area (Å²) in [5.41, 5.74) is 6.48. The number of hydrogen-bond donors (Lipinski definition) is 1. The van der Waals surface area contributed by atoms with Crippen LogP contribution in [0, 0.1) is 13.8 Å². The fourth-order valence-corrected chi connectivity index (χ4v) is 2.88. The molecule has 2 aromatic rings. The zero-order valence-electron chi connectivity index (χ0n) is 9.51. The summed E-state index contributed by atoms with van der Waals surface area (Å²) >= 11 is 1.63. The molecule has 1 aliphatic rings. The van der Waals surface area contributed by atoms with Crippen molar-refractivity contribution in [3.8, 4) is 0 Å². The first-order chi connectivity index (χ1) is 8.24. The Kier molecular flexibility index (Phi) is 2.29. The number of thiazole rings is 1. The van der Waals surface area contributed by atoms with Gasteiger partial charge in [-0.25, -0.2) is 9.99 Å². The zero-order chi connectivity index (χ0) is 11.8. The van der Waals surface area contributed by atoms with E-state index in [9.17, 15) is 0 Å². The van der Waals surface area contributed by atoms with Crippen LogP contribution in [0.1, 0.15) is 11.1 Å². The van der Waals surface area contributed by atoms with Crippen molar-refractivity contribution in [2.45, 2.75) is 13.8 Å². The Bertz CT molecular complexity index is 628. The van der Waals surface area contributed by atoms with Crippen LogP contribution in [0.2, 0.25) is 0 Å². The monoisotopic (exact) mass is 245 g/mol. The van der Waals surface area contributed by atoms with Crippen LogP contribution in [-0.4, -0.2) is 17.7 Å². The van der Waals surface area contributed by atoms with E-state index in [2.05, 4.69) is 46.6 Å². The van der Waals surface area contributed by atoms with Crippen molar-refractivity contribution in [2.24, 2.45) is 10.2 Å². The summed E-state index contributed by atoms with van der Waals surface area (Å²) < 4.78 is 1.19. The van der Waals surface area contributed by atoms with Crippen LogP contribution >= 0.6 is 11.3 Å². The van der Waals surface area contributed by atoms with Gasteiger partial charge in [0.05, 0.1) is 10.2 Å². The first-order valence-corrected chi connectivity index (χ1v) is 6.04. The van der Waals surface area contributed by atoms with Gasteiger partial charge in [-0.05, 0) is 31.0 Å². The molecule has 3 rings (SSSR count). The smallest absolute Gasteiger partial charge is 0.211 e. The minimum absolute atomic E-state index is 0.864. The molecule has 2 heterocycles. The molecule has 1 N–H and O–H groups in total. The lowest BCUT2D eigenvalue weighted by atomic mass is 10.1. The zero-order valence-corrected chi connectivity index (χ0v) is 10.3. The Morgan fingerprint density at radius 2 is 2.12 bits per heavy atom. The number of fused-ring (bicyclic) bond motifs is 1. The van der Waals surface area contributed by atoms with Crippen molar-refractivity contribution in [3.63, 3.8) is 0 Å². The average Bonchev–Trinajstić information content (AvgIpc) is 2.74. The number of rotatable bonds is 1. The third-order valence-electron chi connectivity index (χ3n) is 2.51. The second kappa shape index (κ2) is 3.81. The van der Waals surface area contributed by atoms with Crippen LogP contribution in [-0.2, 0) is 0 Å². The summed E-state index contributed by atoms with van der Waals surface area (Å²) in [6.07, 6.45) is 3.14. The first-order valence-electron chi connectivity index (χ1n) is 5.22. The SMILES string of the molecule is Cc1cc(C)c2nc(N3C=NN=CN3)sc2c1. The van der Waals surface area contributed by atoms with E-state index in [1.54, 1.807) is 22.7 Å². The Labute approximate surface area is 102 Å². The molecule has 1 aromatic heterocycles. The molecule has 5 nitrogen and oxygen atoms in total. The second-order valence-electron chi connectivity index (χ2n) is 3.90. The number of anilines is 1. The Morgan fingerprint density at radius 1 is 1.24 bits per heavy atom. The van der Waals surface area contributed by atoms with Gasteiger partial charge in [-0.15, -0.1) is 10.2 Å². The molecule has 0 amide bonds. The second-order valence-corrected chi connectivity index (χ2v) is 4.91. The number of nitrogens with zero attached hydrogens (tertiary/aromatic N) is 4. The van der Waals surface area contributed by atoms with E-state index < -0.39 is 0 Å². The van der Waals surface area contributed by atoms with Crippen LogP contribution in [0.15, 0.2) is 22.3 Å². The number of nitrogens with one attached hydrogen (secondary N) is 1. The van der Waals surface area contributed by atoms with Crippen molar-refractivity contribution < 1.29 is 0 Å². The van der Waals surface area contributed by atoms with E-state index in [1.807, 2.05) is 0 Å². The molecule has 86 valence electrons. The van der Waals surface area contributed by atoms with Gasteiger partial charge in [-0.3, -0.25) is 5.43 Å². The number of benzene rings is 1. The number of aromatic nitrogens is 1. The molecule has 0 saturated heterocycles. The molecular weight excluding hydrogens is 234 g/mol. The van der Waals surface area contributed by atoms with Crippen LogP contribution in [0.5, 0.6) is 0 Å². The molecule has 0 fully saturated rings. The highest BCUT2D eigenvalue weighted by atomic mass is 32.1. The molecule has 17 heavy (non-hydrogen) atoms. The molecule has 0 bridgehead atoms. The van der Waals surface area contributed by atoms with Gasteiger partial charge in [0.1, 0.15) is 12.7 Å². The minimum atomic E-state index is 0.864. The van der Waals surface area contributed by atoms with Gasteiger partial charge in [0.15, 0.2) is 0 Å². The van der Waals surface area contributed by atoms with Crippen LogP contribution in [0.25, 0.3) is 10.2 Å². The maximum atomic E-state index is 4.61. The minimum Gasteiger partial charge on any atom is -0.279 e. The maximum Gasteiger partial charge on any atom is 0.211 e. The van der Waals surface area contributed by atoms with Crippen molar-refractivity contribution >= 4 is 39.4 Å². The van der Waals surface area contributed by atoms with Gasteiger partial charge in [0.2, 0.25) is 5.13 Å². The first kappa shape index (κ1) is 10.2. The average molecular weight is 245 g/mol. The summed E-state index contributed by atoms with van der Waals surface area (Å²) in [5, 5.41) is 10.1. The lowest BCUT2D eigenvalue weighted by Gasteiger charge is -2.15. The summed E-state index contributed by atoms with van der Waals surface area (Å²) in [7, 11) is 0. The highest BCUT2D eigenvalue weighted by molar-refractivity contribution is 7.22. The lowest BCUT2D eigenvalue weighted by molar-refractivity contribution is 0.948. The quantitative estimate of drug-likeness (QED) is 0.838. The summed E-state index contributed by atoms with van der Waals surface area (Å²) in [4.78, 5) is 4.61. The number of aryl methyl sites for hydroxylation is 2. The van der Waals surface area contributed by atoms with Crippen molar-refractivity contribution in [1.29, 1.82) is 0 Å². The highest BCUT2D eigenvalue weighted by Gasteiger charge is 2.12. The Hall–Kier alpha value is -1.95. The molecule has 0 unspecified atom stereocenters. The predicted molar refractivity (Wildman–Crippen MR) is 71.7 cm³/mol. The molecule has 1 aliphatic heterocycles. The summed E-state index contributed by atoms with van der Waals surface area (Å²) in [6.45, 7) is 4.18. The van der Waals surface area contributed by atoms with Gasteiger partial charge >= 0.3 is 0 Å². The topological polar surface area (TPSA) is 52.9 Å². The molecule has 0 radical (unpaired) electrons. The van der Waals surface area contributed by atoms with E-state index in [0.29, 0.717) is 0 Å². The summed E-state index contributed by atoms with van der Waals surface area (Å²) in [5.74, 6) is 0. The van der Waals surface area contributed by atoms with Gasteiger partial charge < -0.3 is 0 Å². The summed E-state index contributed by atoms with van der Waals surface area (Å²) in [6, 6.07) is 4.30. The van der Waals surface area contributed by atoms with Gasteiger partial charge in [-0.2, -0.15) is 0 Å². The van der Waals surface area contributed by atoms with Gasteiger partial charge in [0, 0.05) is 0 Å². The fourth-order valence-electron chi connectivity index (χ4n) is 1.80. The molecule has 0 aliphatic carbocycles. The standard InChI is InChI=1S/C11H11N5S/c1-7-3-8(2)10-9(4-7)17-11(15-10)16-6-13-12-5-14-16/h3-6H,1-2H3,(H,12,14). The Morgan fingerprint density at radius 3 is 2.88 bits per heavy atom. The molecule has 0 spiro atoms. The van der Waals surface area contributed by atoms with E-state index in [-0.39, 0.29) is 0 Å². The van der Waals surface area contributed by atoms with Gasteiger partial charge in [0.25, 0.3) is 0 Å². The third-order valence-corrected chi connectivity index (χ3v) is 3.51. The van der Waals surface area contributed by atoms with E-state index in [1.165, 1.54) is 22.2 Å². The van der Waals surface area contributed by atoms with Crippen LogP contribution < -0.4 is 10.4 Å².